The molecule has 0 heterocycles. The highest BCUT2D eigenvalue weighted by Gasteiger charge is 2.26. The third kappa shape index (κ3) is 9.56. The van der Waals surface area contributed by atoms with Gasteiger partial charge in [0.1, 0.15) is 0 Å². The van der Waals surface area contributed by atoms with E-state index in [9.17, 15) is 4.21 Å². The maximum Gasteiger partial charge on any atom is 0.191 e. The van der Waals surface area contributed by atoms with Crippen molar-refractivity contribution in [3.05, 3.63) is 0 Å². The van der Waals surface area contributed by atoms with E-state index in [2.05, 4.69) is 29.5 Å². The number of halogens is 1. The Morgan fingerprint density at radius 3 is 2.60 bits per heavy atom. The first-order valence-corrected chi connectivity index (χ1v) is 10.9. The van der Waals surface area contributed by atoms with Crippen molar-refractivity contribution in [2.45, 2.75) is 77.2 Å². The Hall–Kier alpha value is 0.110. The predicted molar refractivity (Wildman–Crippen MR) is 120 cm³/mol. The Morgan fingerprint density at radius 2 is 2.04 bits per heavy atom. The molecule has 0 radical (unpaired) electrons. The van der Waals surface area contributed by atoms with Crippen molar-refractivity contribution in [2.75, 3.05) is 26.0 Å². The Kier molecular flexibility index (Phi) is 14.3. The molecule has 0 saturated heterocycles. The van der Waals surface area contributed by atoms with Gasteiger partial charge in [0.2, 0.25) is 0 Å². The lowest BCUT2D eigenvalue weighted by atomic mass is 9.95. The van der Waals surface area contributed by atoms with Gasteiger partial charge in [0.15, 0.2) is 5.96 Å². The molecule has 0 aromatic carbocycles. The SMILES string of the molecule is CCOC(CCNC(=NC)NC1CCCC(S(=O)CC)C1)C(C)C.I. The van der Waals surface area contributed by atoms with Gasteiger partial charge in [-0.1, -0.05) is 27.2 Å². The van der Waals surface area contributed by atoms with Crippen LogP contribution >= 0.6 is 24.0 Å². The fourth-order valence-corrected chi connectivity index (χ4v) is 4.64. The van der Waals surface area contributed by atoms with Gasteiger partial charge >= 0.3 is 0 Å². The van der Waals surface area contributed by atoms with Gasteiger partial charge < -0.3 is 15.4 Å². The van der Waals surface area contributed by atoms with Crippen LogP contribution in [-0.4, -0.2) is 53.5 Å². The van der Waals surface area contributed by atoms with Crippen LogP contribution in [-0.2, 0) is 15.5 Å². The Bertz CT molecular complexity index is 408. The van der Waals surface area contributed by atoms with E-state index < -0.39 is 10.8 Å². The third-order valence-electron chi connectivity index (χ3n) is 4.69. The highest BCUT2D eigenvalue weighted by molar-refractivity contribution is 14.0. The number of hydrogen-bond acceptors (Lipinski definition) is 3. The lowest BCUT2D eigenvalue weighted by molar-refractivity contribution is 0.0258. The lowest BCUT2D eigenvalue weighted by Crippen LogP contribution is -2.47. The molecule has 150 valence electrons. The molecule has 0 spiro atoms. The maximum atomic E-state index is 12.1. The van der Waals surface area contributed by atoms with Gasteiger partial charge in [0.05, 0.1) is 6.10 Å². The highest BCUT2D eigenvalue weighted by atomic mass is 127. The minimum absolute atomic E-state index is 0. The van der Waals surface area contributed by atoms with Crippen molar-refractivity contribution in [1.82, 2.24) is 10.6 Å². The molecule has 0 aliphatic heterocycles. The molecule has 25 heavy (non-hydrogen) atoms. The molecule has 1 aliphatic carbocycles. The van der Waals surface area contributed by atoms with Crippen molar-refractivity contribution in [1.29, 1.82) is 0 Å². The van der Waals surface area contributed by atoms with Crippen LogP contribution in [0.2, 0.25) is 0 Å². The Balaban J connectivity index is 0.00000576. The molecule has 0 aromatic rings. The Morgan fingerprint density at radius 1 is 1.32 bits per heavy atom. The van der Waals surface area contributed by atoms with Gasteiger partial charge in [-0.05, 0) is 38.5 Å². The minimum atomic E-state index is -0.687. The lowest BCUT2D eigenvalue weighted by Gasteiger charge is -2.30. The molecule has 2 N–H and O–H groups in total. The van der Waals surface area contributed by atoms with Crippen molar-refractivity contribution < 1.29 is 8.95 Å². The number of ether oxygens (including phenoxy) is 1. The molecule has 4 unspecified atom stereocenters. The monoisotopic (exact) mass is 487 g/mol. The normalized spacial score (nSPS) is 23.7. The van der Waals surface area contributed by atoms with Gasteiger partial charge in [-0.25, -0.2) is 0 Å². The van der Waals surface area contributed by atoms with Crippen LogP contribution in [0.1, 0.15) is 59.8 Å². The molecule has 4 atom stereocenters. The molecule has 1 saturated carbocycles. The summed E-state index contributed by atoms with van der Waals surface area (Å²) in [5.41, 5.74) is 0. The van der Waals surface area contributed by atoms with Crippen molar-refractivity contribution in [3.63, 3.8) is 0 Å². The van der Waals surface area contributed by atoms with Crippen LogP contribution in [0.25, 0.3) is 0 Å². The van der Waals surface area contributed by atoms with Gasteiger partial charge in [0, 0.05) is 48.0 Å². The van der Waals surface area contributed by atoms with Gasteiger partial charge in [-0.2, -0.15) is 0 Å². The van der Waals surface area contributed by atoms with E-state index in [1.165, 1.54) is 0 Å². The molecule has 1 rings (SSSR count). The zero-order chi connectivity index (χ0) is 17.9. The predicted octanol–water partition coefficient (Wildman–Crippen LogP) is 3.30. The van der Waals surface area contributed by atoms with E-state index in [1.807, 2.05) is 20.9 Å². The second-order valence-corrected chi connectivity index (χ2v) is 8.83. The molecule has 0 amide bonds. The van der Waals surface area contributed by atoms with Crippen LogP contribution < -0.4 is 10.6 Å². The second kappa shape index (κ2) is 14.2. The molecular formula is C18H38IN3O2S. The van der Waals surface area contributed by atoms with E-state index in [4.69, 9.17) is 4.74 Å². The van der Waals surface area contributed by atoms with E-state index in [-0.39, 0.29) is 30.1 Å². The van der Waals surface area contributed by atoms with Gasteiger partial charge in [-0.15, -0.1) is 24.0 Å². The average Bonchev–Trinajstić information content (AvgIpc) is 2.59. The van der Waals surface area contributed by atoms with Crippen LogP contribution in [0.4, 0.5) is 0 Å². The van der Waals surface area contributed by atoms with Crippen LogP contribution in [0.5, 0.6) is 0 Å². The van der Waals surface area contributed by atoms with E-state index >= 15 is 0 Å². The van der Waals surface area contributed by atoms with Gasteiger partial charge in [0.25, 0.3) is 0 Å². The number of guanidine groups is 1. The largest absolute Gasteiger partial charge is 0.378 e. The fraction of sp³-hybridized carbons (Fsp3) is 0.944. The first-order valence-electron chi connectivity index (χ1n) is 9.47. The molecule has 1 fully saturated rings. The number of nitrogens with zero attached hydrogens (tertiary/aromatic N) is 1. The molecular weight excluding hydrogens is 449 g/mol. The second-order valence-electron chi connectivity index (χ2n) is 6.82. The zero-order valence-electron chi connectivity index (χ0n) is 16.5. The van der Waals surface area contributed by atoms with E-state index in [1.54, 1.807) is 0 Å². The third-order valence-corrected chi connectivity index (χ3v) is 6.43. The standard InChI is InChI=1S/C18H37N3O2S.HI/c1-6-23-17(14(3)4)11-12-20-18(19-5)21-15-9-8-10-16(13-15)24(22)7-2;/h14-17H,6-13H2,1-5H3,(H2,19,20,21);1H. The summed E-state index contributed by atoms with van der Waals surface area (Å²) in [5, 5.41) is 7.25. The Labute approximate surface area is 174 Å². The first-order chi connectivity index (χ1) is 11.5. The molecule has 5 nitrogen and oxygen atoms in total. The zero-order valence-corrected chi connectivity index (χ0v) is 19.7. The quantitative estimate of drug-likeness (QED) is 0.298. The molecule has 1 aliphatic rings. The average molecular weight is 487 g/mol. The summed E-state index contributed by atoms with van der Waals surface area (Å²) in [6, 6.07) is 0.373. The topological polar surface area (TPSA) is 62.7 Å². The summed E-state index contributed by atoms with van der Waals surface area (Å²) in [5.74, 6) is 2.13. The molecule has 0 bridgehead atoms. The van der Waals surface area contributed by atoms with Gasteiger partial charge in [-0.3, -0.25) is 9.20 Å². The van der Waals surface area contributed by atoms with E-state index in [0.717, 1.165) is 57.0 Å². The number of rotatable bonds is 9. The maximum absolute atomic E-state index is 12.1. The van der Waals surface area contributed by atoms with Crippen LogP contribution in [0.15, 0.2) is 4.99 Å². The first kappa shape index (κ1) is 25.1. The molecule has 7 heteroatoms. The van der Waals surface area contributed by atoms with Crippen molar-refractivity contribution >= 4 is 40.7 Å². The van der Waals surface area contributed by atoms with Crippen LogP contribution in [0.3, 0.4) is 0 Å². The van der Waals surface area contributed by atoms with E-state index in [0.29, 0.717) is 17.2 Å². The van der Waals surface area contributed by atoms with Crippen molar-refractivity contribution in [2.24, 2.45) is 10.9 Å². The van der Waals surface area contributed by atoms with Crippen LogP contribution in [0, 0.1) is 5.92 Å². The smallest absolute Gasteiger partial charge is 0.191 e. The summed E-state index contributed by atoms with van der Waals surface area (Å²) < 4.78 is 17.9. The summed E-state index contributed by atoms with van der Waals surface area (Å²) in [7, 11) is 1.12. The number of aliphatic imine (C=N–C) groups is 1. The number of hydrogen-bond donors (Lipinski definition) is 2. The summed E-state index contributed by atoms with van der Waals surface area (Å²) in [6.07, 6.45) is 5.60. The number of nitrogens with one attached hydrogen (secondary N) is 2. The highest BCUT2D eigenvalue weighted by Crippen LogP contribution is 2.23. The summed E-state index contributed by atoms with van der Waals surface area (Å²) in [4.78, 5) is 4.34. The fourth-order valence-electron chi connectivity index (χ4n) is 3.29. The van der Waals surface area contributed by atoms with Crippen molar-refractivity contribution in [3.8, 4) is 0 Å². The minimum Gasteiger partial charge on any atom is -0.378 e. The summed E-state index contributed by atoms with van der Waals surface area (Å²) in [6.45, 7) is 10.1. The summed E-state index contributed by atoms with van der Waals surface area (Å²) >= 11 is 0. The molecule has 0 aromatic heterocycles.